The second kappa shape index (κ2) is 10.9. The van der Waals surface area contributed by atoms with E-state index in [-0.39, 0.29) is 6.10 Å². The van der Waals surface area contributed by atoms with Gasteiger partial charge in [-0.1, -0.05) is 72.8 Å². The molecule has 0 aliphatic carbocycles. The number of unbranched alkanes of at least 4 members (excludes halogenated alkanes) is 1. The van der Waals surface area contributed by atoms with Crippen LogP contribution < -0.4 is 4.72 Å². The van der Waals surface area contributed by atoms with Crippen LogP contribution >= 0.6 is 0 Å². The smallest absolute Gasteiger partial charge is 0.240 e. The van der Waals surface area contributed by atoms with Crippen LogP contribution in [-0.2, 0) is 14.8 Å². The number of morpholine rings is 1. The highest BCUT2D eigenvalue weighted by atomic mass is 32.2. The first kappa shape index (κ1) is 22.7. The predicted molar refractivity (Wildman–Crippen MR) is 128 cm³/mol. The molecule has 1 heterocycles. The van der Waals surface area contributed by atoms with Gasteiger partial charge in [0.25, 0.3) is 0 Å². The van der Waals surface area contributed by atoms with Gasteiger partial charge in [0, 0.05) is 19.6 Å². The van der Waals surface area contributed by atoms with Crippen molar-refractivity contribution in [3.05, 3.63) is 90.5 Å². The molecule has 168 valence electrons. The third-order valence-electron chi connectivity index (χ3n) is 5.79. The SMILES string of the molecule is O=S(=O)(NCCCCN1CCOC(c2ccccc2)C1)c1ccc(-c2ccccc2)cc1. The van der Waals surface area contributed by atoms with E-state index in [0.717, 1.165) is 50.2 Å². The van der Waals surface area contributed by atoms with E-state index in [1.807, 2.05) is 60.7 Å². The molecule has 1 aliphatic rings. The quantitative estimate of drug-likeness (QED) is 0.488. The zero-order valence-corrected chi connectivity index (χ0v) is 19.0. The molecule has 4 rings (SSSR count). The van der Waals surface area contributed by atoms with Gasteiger partial charge in [-0.3, -0.25) is 4.90 Å². The molecule has 5 nitrogen and oxygen atoms in total. The maximum atomic E-state index is 12.6. The van der Waals surface area contributed by atoms with Gasteiger partial charge in [-0.05, 0) is 48.2 Å². The van der Waals surface area contributed by atoms with E-state index in [9.17, 15) is 8.42 Å². The van der Waals surface area contributed by atoms with E-state index < -0.39 is 10.0 Å². The van der Waals surface area contributed by atoms with Gasteiger partial charge in [-0.25, -0.2) is 13.1 Å². The summed E-state index contributed by atoms with van der Waals surface area (Å²) < 4.78 is 33.9. The van der Waals surface area contributed by atoms with Crippen molar-refractivity contribution >= 4 is 10.0 Å². The van der Waals surface area contributed by atoms with Gasteiger partial charge in [0.15, 0.2) is 0 Å². The van der Waals surface area contributed by atoms with Crippen LogP contribution in [0, 0.1) is 0 Å². The van der Waals surface area contributed by atoms with E-state index in [2.05, 4.69) is 21.8 Å². The average Bonchev–Trinajstić information content (AvgIpc) is 2.85. The fourth-order valence-corrected chi connectivity index (χ4v) is 5.06. The lowest BCUT2D eigenvalue weighted by atomic mass is 10.1. The molecule has 1 atom stereocenters. The number of sulfonamides is 1. The lowest BCUT2D eigenvalue weighted by Crippen LogP contribution is -2.39. The number of nitrogens with zero attached hydrogens (tertiary/aromatic N) is 1. The summed E-state index contributed by atoms with van der Waals surface area (Å²) in [7, 11) is -3.49. The standard InChI is InChI=1S/C26H30N2O3S/c29-32(30,25-15-13-23(14-16-25)22-9-3-1-4-10-22)27-17-7-8-18-28-19-20-31-26(21-28)24-11-5-2-6-12-24/h1-6,9-16,26-27H,7-8,17-21H2. The Morgan fingerprint density at radius 3 is 2.22 bits per heavy atom. The van der Waals surface area contributed by atoms with Gasteiger partial charge in [-0.15, -0.1) is 0 Å². The lowest BCUT2D eigenvalue weighted by molar-refractivity contribution is -0.0303. The van der Waals surface area contributed by atoms with Crippen LogP contribution in [0.15, 0.2) is 89.8 Å². The molecule has 1 N–H and O–H groups in total. The maximum Gasteiger partial charge on any atom is 0.240 e. The lowest BCUT2D eigenvalue weighted by Gasteiger charge is -2.33. The minimum atomic E-state index is -3.49. The fourth-order valence-electron chi connectivity index (χ4n) is 3.98. The van der Waals surface area contributed by atoms with Gasteiger partial charge in [-0.2, -0.15) is 0 Å². The first-order chi connectivity index (χ1) is 15.6. The zero-order chi connectivity index (χ0) is 22.2. The number of benzene rings is 3. The molecular weight excluding hydrogens is 420 g/mol. The topological polar surface area (TPSA) is 58.6 Å². The molecule has 32 heavy (non-hydrogen) atoms. The van der Waals surface area contributed by atoms with Gasteiger partial charge >= 0.3 is 0 Å². The van der Waals surface area contributed by atoms with Crippen molar-refractivity contribution in [2.45, 2.75) is 23.8 Å². The molecule has 3 aromatic carbocycles. The third kappa shape index (κ3) is 6.04. The number of hydrogen-bond donors (Lipinski definition) is 1. The molecule has 1 aliphatic heterocycles. The summed E-state index contributed by atoms with van der Waals surface area (Å²) in [5.74, 6) is 0. The van der Waals surface area contributed by atoms with Crippen molar-refractivity contribution in [3.8, 4) is 11.1 Å². The molecule has 1 fully saturated rings. The van der Waals surface area contributed by atoms with Crippen LogP contribution in [-0.4, -0.2) is 46.1 Å². The minimum Gasteiger partial charge on any atom is -0.371 e. The summed E-state index contributed by atoms with van der Waals surface area (Å²) in [5, 5.41) is 0. The summed E-state index contributed by atoms with van der Waals surface area (Å²) >= 11 is 0. The van der Waals surface area contributed by atoms with Crippen molar-refractivity contribution in [2.24, 2.45) is 0 Å². The molecule has 1 saturated heterocycles. The zero-order valence-electron chi connectivity index (χ0n) is 18.2. The second-order valence-electron chi connectivity index (χ2n) is 8.07. The number of rotatable bonds is 9. The van der Waals surface area contributed by atoms with Gasteiger partial charge < -0.3 is 4.74 Å². The molecule has 6 heteroatoms. The van der Waals surface area contributed by atoms with E-state index in [1.165, 1.54) is 5.56 Å². The van der Waals surface area contributed by atoms with E-state index >= 15 is 0 Å². The molecule has 0 saturated carbocycles. The Hall–Kier alpha value is -2.51. The van der Waals surface area contributed by atoms with Crippen molar-refractivity contribution < 1.29 is 13.2 Å². The summed E-state index contributed by atoms with van der Waals surface area (Å²) in [6, 6.07) is 27.3. The van der Waals surface area contributed by atoms with E-state index in [0.29, 0.717) is 11.4 Å². The second-order valence-corrected chi connectivity index (χ2v) is 9.83. The molecule has 0 aromatic heterocycles. The van der Waals surface area contributed by atoms with Crippen molar-refractivity contribution in [2.75, 3.05) is 32.8 Å². The van der Waals surface area contributed by atoms with Gasteiger partial charge in [0.1, 0.15) is 0 Å². The first-order valence-electron chi connectivity index (χ1n) is 11.2. The highest BCUT2D eigenvalue weighted by Crippen LogP contribution is 2.22. The molecule has 0 spiro atoms. The van der Waals surface area contributed by atoms with Crippen molar-refractivity contribution in [3.63, 3.8) is 0 Å². The van der Waals surface area contributed by atoms with Crippen LogP contribution in [0.1, 0.15) is 24.5 Å². The van der Waals surface area contributed by atoms with Crippen LogP contribution in [0.5, 0.6) is 0 Å². The summed E-state index contributed by atoms with van der Waals surface area (Å²) in [6.45, 7) is 3.91. The van der Waals surface area contributed by atoms with E-state index in [4.69, 9.17) is 4.74 Å². The Bertz CT molecular complexity index is 1070. The van der Waals surface area contributed by atoms with Crippen LogP contribution in [0.4, 0.5) is 0 Å². The molecule has 1 unspecified atom stereocenters. The molecular formula is C26H30N2O3S. The number of hydrogen-bond acceptors (Lipinski definition) is 4. The minimum absolute atomic E-state index is 0.113. The molecule has 0 radical (unpaired) electrons. The maximum absolute atomic E-state index is 12.6. The number of ether oxygens (including phenoxy) is 1. The highest BCUT2D eigenvalue weighted by molar-refractivity contribution is 7.89. The summed E-state index contributed by atoms with van der Waals surface area (Å²) in [6.07, 6.45) is 1.85. The highest BCUT2D eigenvalue weighted by Gasteiger charge is 2.21. The fraction of sp³-hybridized carbons (Fsp3) is 0.308. The van der Waals surface area contributed by atoms with Crippen molar-refractivity contribution in [1.82, 2.24) is 9.62 Å². The van der Waals surface area contributed by atoms with Crippen LogP contribution in [0.2, 0.25) is 0 Å². The van der Waals surface area contributed by atoms with E-state index in [1.54, 1.807) is 12.1 Å². The Morgan fingerprint density at radius 1 is 0.844 bits per heavy atom. The molecule has 0 bridgehead atoms. The molecule has 3 aromatic rings. The normalized spacial score (nSPS) is 17.3. The van der Waals surface area contributed by atoms with Crippen LogP contribution in [0.3, 0.4) is 0 Å². The molecule has 0 amide bonds. The van der Waals surface area contributed by atoms with Crippen molar-refractivity contribution in [1.29, 1.82) is 0 Å². The Balaban J connectivity index is 1.21. The summed E-state index contributed by atoms with van der Waals surface area (Å²) in [5.41, 5.74) is 3.29. The Morgan fingerprint density at radius 2 is 1.50 bits per heavy atom. The summed E-state index contributed by atoms with van der Waals surface area (Å²) in [4.78, 5) is 2.70. The Kier molecular flexibility index (Phi) is 7.71. The average molecular weight is 451 g/mol. The third-order valence-corrected chi connectivity index (χ3v) is 7.26. The Labute approximate surface area is 191 Å². The van der Waals surface area contributed by atoms with Crippen LogP contribution in [0.25, 0.3) is 11.1 Å². The number of nitrogens with one attached hydrogen (secondary N) is 1. The largest absolute Gasteiger partial charge is 0.371 e. The van der Waals surface area contributed by atoms with Gasteiger partial charge in [0.05, 0.1) is 17.6 Å². The predicted octanol–water partition coefficient (Wildman–Crippen LogP) is 4.49. The first-order valence-corrected chi connectivity index (χ1v) is 12.6. The monoisotopic (exact) mass is 450 g/mol. The van der Waals surface area contributed by atoms with Gasteiger partial charge in [0.2, 0.25) is 10.0 Å².